The second kappa shape index (κ2) is 10.2. The lowest BCUT2D eigenvalue weighted by Gasteiger charge is -2.52. The first-order valence-electron chi connectivity index (χ1n) is 10.6. The van der Waals surface area contributed by atoms with Crippen LogP contribution in [-0.2, 0) is 11.3 Å². The molecule has 0 spiro atoms. The van der Waals surface area contributed by atoms with Gasteiger partial charge in [-0.15, -0.1) is 0 Å². The minimum Gasteiger partial charge on any atom is -0.465 e. The van der Waals surface area contributed by atoms with Crippen LogP contribution in [0.4, 0.5) is 9.59 Å². The van der Waals surface area contributed by atoms with E-state index in [9.17, 15) is 19.8 Å². The Hall–Kier alpha value is -2.28. The first kappa shape index (κ1) is 24.0. The lowest BCUT2D eigenvalue weighted by molar-refractivity contribution is -0.0375. The number of ether oxygens (including phenoxy) is 1. The van der Waals surface area contributed by atoms with Gasteiger partial charge in [0.25, 0.3) is 0 Å². The molecule has 7 heteroatoms. The number of carbonyl (C=O) groups is 2. The summed E-state index contributed by atoms with van der Waals surface area (Å²) in [5.41, 5.74) is 0.505. The van der Waals surface area contributed by atoms with Gasteiger partial charge < -0.3 is 24.7 Å². The van der Waals surface area contributed by atoms with E-state index in [1.807, 2.05) is 65.0 Å². The normalized spacial score (nSPS) is 22.1. The summed E-state index contributed by atoms with van der Waals surface area (Å²) >= 11 is 0. The van der Waals surface area contributed by atoms with Crippen molar-refractivity contribution in [3.05, 3.63) is 35.9 Å². The maximum absolute atomic E-state index is 13.2. The SMILES string of the molecule is CC(C)CN(C(=O)OCc1ccccc1)[C@H]1C[C@@H](CO)CN(C(=O)O)C1C(C)(C)C. The second-order valence-corrected chi connectivity index (χ2v) is 9.68. The molecule has 0 radical (unpaired) electrons. The third-order valence-electron chi connectivity index (χ3n) is 5.52. The van der Waals surface area contributed by atoms with Crippen LogP contribution in [0.3, 0.4) is 0 Å². The van der Waals surface area contributed by atoms with E-state index < -0.39 is 23.6 Å². The summed E-state index contributed by atoms with van der Waals surface area (Å²) in [6.07, 6.45) is -0.939. The lowest BCUT2D eigenvalue weighted by Crippen LogP contribution is -2.65. The summed E-state index contributed by atoms with van der Waals surface area (Å²) in [5, 5.41) is 19.7. The number of hydrogen-bond donors (Lipinski definition) is 2. The first-order chi connectivity index (χ1) is 14.0. The molecule has 1 aliphatic rings. The van der Waals surface area contributed by atoms with Crippen molar-refractivity contribution in [2.75, 3.05) is 19.7 Å². The van der Waals surface area contributed by atoms with Crippen LogP contribution in [0.25, 0.3) is 0 Å². The zero-order valence-corrected chi connectivity index (χ0v) is 18.7. The highest BCUT2D eigenvalue weighted by Crippen LogP contribution is 2.37. The number of carbonyl (C=O) groups excluding carboxylic acids is 1. The van der Waals surface area contributed by atoms with Crippen LogP contribution in [0.5, 0.6) is 0 Å². The van der Waals surface area contributed by atoms with E-state index in [2.05, 4.69) is 0 Å². The van der Waals surface area contributed by atoms with E-state index in [0.717, 1.165) is 5.56 Å². The number of nitrogens with zero attached hydrogens (tertiary/aromatic N) is 2. The number of hydrogen-bond acceptors (Lipinski definition) is 4. The van der Waals surface area contributed by atoms with Crippen molar-refractivity contribution in [3.8, 4) is 0 Å². The molecular weight excluding hydrogens is 384 g/mol. The molecule has 0 bridgehead atoms. The maximum atomic E-state index is 13.2. The third-order valence-corrected chi connectivity index (χ3v) is 5.52. The molecule has 2 rings (SSSR count). The van der Waals surface area contributed by atoms with E-state index in [-0.39, 0.29) is 37.6 Å². The Balaban J connectivity index is 2.34. The molecule has 1 saturated heterocycles. The average molecular weight is 421 g/mol. The topological polar surface area (TPSA) is 90.3 Å². The van der Waals surface area contributed by atoms with Crippen molar-refractivity contribution >= 4 is 12.2 Å². The smallest absolute Gasteiger partial charge is 0.410 e. The molecule has 1 aromatic rings. The van der Waals surface area contributed by atoms with Crippen LogP contribution in [0, 0.1) is 17.3 Å². The van der Waals surface area contributed by atoms with E-state index in [0.29, 0.717) is 13.0 Å². The molecule has 1 heterocycles. The summed E-state index contributed by atoms with van der Waals surface area (Å²) in [6.45, 7) is 10.8. The van der Waals surface area contributed by atoms with E-state index in [4.69, 9.17) is 4.74 Å². The number of aliphatic hydroxyl groups is 1. The fourth-order valence-corrected chi connectivity index (χ4v) is 4.36. The van der Waals surface area contributed by atoms with Crippen molar-refractivity contribution in [3.63, 3.8) is 0 Å². The Bertz CT molecular complexity index is 701. The highest BCUT2D eigenvalue weighted by atomic mass is 16.6. The number of likely N-dealkylation sites (tertiary alicyclic amines) is 1. The highest BCUT2D eigenvalue weighted by Gasteiger charge is 2.48. The Morgan fingerprint density at radius 3 is 2.37 bits per heavy atom. The average Bonchev–Trinajstić information content (AvgIpc) is 2.69. The lowest BCUT2D eigenvalue weighted by atomic mass is 9.74. The molecule has 0 aliphatic carbocycles. The van der Waals surface area contributed by atoms with Crippen LogP contribution in [0.2, 0.25) is 0 Å². The number of amides is 2. The van der Waals surface area contributed by atoms with Crippen LogP contribution in [-0.4, -0.2) is 64.0 Å². The van der Waals surface area contributed by atoms with Crippen LogP contribution in [0.1, 0.15) is 46.6 Å². The van der Waals surface area contributed by atoms with Gasteiger partial charge in [0.15, 0.2) is 0 Å². The zero-order valence-electron chi connectivity index (χ0n) is 18.7. The van der Waals surface area contributed by atoms with Crippen LogP contribution < -0.4 is 0 Å². The van der Waals surface area contributed by atoms with E-state index >= 15 is 0 Å². The zero-order chi connectivity index (χ0) is 22.5. The summed E-state index contributed by atoms with van der Waals surface area (Å²) in [7, 11) is 0. The largest absolute Gasteiger partial charge is 0.465 e. The van der Waals surface area contributed by atoms with Gasteiger partial charge in [0, 0.05) is 25.6 Å². The quantitative estimate of drug-likeness (QED) is 0.724. The van der Waals surface area contributed by atoms with Gasteiger partial charge in [0.2, 0.25) is 0 Å². The number of piperidine rings is 1. The number of carboxylic acid groups (broad SMARTS) is 1. The molecule has 1 unspecified atom stereocenters. The Labute approximate surface area is 179 Å². The summed E-state index contributed by atoms with van der Waals surface area (Å²) in [4.78, 5) is 28.3. The number of benzene rings is 1. The minimum absolute atomic E-state index is 0.119. The Morgan fingerprint density at radius 2 is 1.87 bits per heavy atom. The van der Waals surface area contributed by atoms with Gasteiger partial charge >= 0.3 is 12.2 Å². The number of rotatable bonds is 6. The third kappa shape index (κ3) is 6.11. The van der Waals surface area contributed by atoms with Crippen molar-refractivity contribution in [1.29, 1.82) is 0 Å². The van der Waals surface area contributed by atoms with Crippen molar-refractivity contribution in [2.24, 2.45) is 17.3 Å². The van der Waals surface area contributed by atoms with Crippen molar-refractivity contribution < 1.29 is 24.5 Å². The van der Waals surface area contributed by atoms with Gasteiger partial charge in [0.05, 0.1) is 12.1 Å². The molecule has 1 aliphatic heterocycles. The van der Waals surface area contributed by atoms with Gasteiger partial charge in [0.1, 0.15) is 6.61 Å². The molecule has 2 N–H and O–H groups in total. The Morgan fingerprint density at radius 1 is 1.23 bits per heavy atom. The molecular formula is C23H36N2O5. The van der Waals surface area contributed by atoms with Gasteiger partial charge in [-0.1, -0.05) is 65.0 Å². The van der Waals surface area contributed by atoms with Crippen LogP contribution in [0.15, 0.2) is 30.3 Å². The fourth-order valence-electron chi connectivity index (χ4n) is 4.36. The molecule has 0 saturated carbocycles. The van der Waals surface area contributed by atoms with E-state index in [1.165, 1.54) is 4.90 Å². The van der Waals surface area contributed by atoms with Crippen LogP contribution >= 0.6 is 0 Å². The fraction of sp³-hybridized carbons (Fsp3) is 0.652. The molecule has 7 nitrogen and oxygen atoms in total. The highest BCUT2D eigenvalue weighted by molar-refractivity contribution is 5.69. The predicted molar refractivity (Wildman–Crippen MR) is 115 cm³/mol. The molecule has 3 atom stereocenters. The second-order valence-electron chi connectivity index (χ2n) is 9.68. The van der Waals surface area contributed by atoms with Gasteiger partial charge in [-0.2, -0.15) is 0 Å². The summed E-state index contributed by atoms with van der Waals surface area (Å²) in [6, 6.07) is 8.70. The Kier molecular flexibility index (Phi) is 8.12. The molecule has 168 valence electrons. The van der Waals surface area contributed by atoms with Crippen molar-refractivity contribution in [2.45, 2.75) is 59.7 Å². The number of aliphatic hydroxyl groups excluding tert-OH is 1. The summed E-state index contributed by atoms with van der Waals surface area (Å²) < 4.78 is 5.63. The molecule has 1 aromatic carbocycles. The van der Waals surface area contributed by atoms with E-state index in [1.54, 1.807) is 4.90 Å². The monoisotopic (exact) mass is 420 g/mol. The first-order valence-corrected chi connectivity index (χ1v) is 10.6. The van der Waals surface area contributed by atoms with Gasteiger partial charge in [-0.25, -0.2) is 9.59 Å². The maximum Gasteiger partial charge on any atom is 0.410 e. The molecule has 0 aromatic heterocycles. The minimum atomic E-state index is -1.03. The standard InChI is InChI=1S/C23H36N2O5/c1-16(2)12-24(22(29)30-15-17-9-7-6-8-10-17)19-11-18(14-26)13-25(21(27)28)20(19)23(3,4)5/h6-10,16,18-20,26H,11-15H2,1-5H3,(H,27,28)/t18-,19+,20?/m1/s1. The van der Waals surface area contributed by atoms with Gasteiger partial charge in [-0.05, 0) is 23.3 Å². The van der Waals surface area contributed by atoms with Crippen molar-refractivity contribution in [1.82, 2.24) is 9.80 Å². The molecule has 2 amide bonds. The van der Waals surface area contributed by atoms with Gasteiger partial charge in [-0.3, -0.25) is 0 Å². The molecule has 30 heavy (non-hydrogen) atoms. The molecule has 1 fully saturated rings. The predicted octanol–water partition coefficient (Wildman–Crippen LogP) is 4.06. The summed E-state index contributed by atoms with van der Waals surface area (Å²) in [5.74, 6) is -0.0380.